The lowest BCUT2D eigenvalue weighted by atomic mass is 9.70. The van der Waals surface area contributed by atoms with E-state index in [1.165, 1.54) is 43.4 Å². The Morgan fingerprint density at radius 3 is 2.66 bits per heavy atom. The molecule has 7 rings (SSSR count). The molecule has 0 unspecified atom stereocenters. The zero-order chi connectivity index (χ0) is 37.3. The molecule has 280 valence electrons. The number of benzene rings is 2. The van der Waals surface area contributed by atoms with Crippen molar-refractivity contribution >= 4 is 34.2 Å². The summed E-state index contributed by atoms with van der Waals surface area (Å²) in [5.74, 6) is 1.24. The first-order valence-corrected chi connectivity index (χ1v) is 19.7. The highest BCUT2D eigenvalue weighted by molar-refractivity contribution is 6.20. The summed E-state index contributed by atoms with van der Waals surface area (Å²) in [6.07, 6.45) is 12.8. The molecule has 2 aliphatic heterocycles. The highest BCUT2D eigenvalue weighted by Gasteiger charge is 2.40. The van der Waals surface area contributed by atoms with E-state index in [0.29, 0.717) is 24.5 Å². The number of aromatic amines is 1. The van der Waals surface area contributed by atoms with E-state index in [4.69, 9.17) is 11.5 Å². The number of nitriles is 1. The molecule has 4 heterocycles. The number of nitrogens with two attached hydrogens (primary N) is 2. The average Bonchev–Trinajstić information content (AvgIpc) is 3.90. The van der Waals surface area contributed by atoms with E-state index in [-0.39, 0.29) is 23.1 Å². The molecule has 2 fully saturated rings. The number of aromatic nitrogens is 3. The number of likely N-dealkylation sites (tertiary alicyclic amines) is 1. The SMILES string of the molecule is CCc1cc2c(cc1N1CCC(CCCCN3CC[C@@H](NC(=O)[C@@H](N)CCCn4ccnc4N)C3)CC1)C(C)(C)c1[nH]c3cc(C#N)ccc3c1C2=O. The summed E-state index contributed by atoms with van der Waals surface area (Å²) in [5.41, 5.74) is 19.2. The Morgan fingerprint density at radius 2 is 1.92 bits per heavy atom. The molecular formula is C42H55N9O2. The van der Waals surface area contributed by atoms with Gasteiger partial charge in [-0.3, -0.25) is 9.59 Å². The molecule has 0 saturated carbocycles. The van der Waals surface area contributed by atoms with Crippen molar-refractivity contribution in [1.29, 1.82) is 5.26 Å². The summed E-state index contributed by atoms with van der Waals surface area (Å²) in [6.45, 7) is 12.4. The number of rotatable bonds is 13. The number of fused-ring (bicyclic) bond motifs is 4. The van der Waals surface area contributed by atoms with Crippen molar-refractivity contribution in [1.82, 2.24) is 24.8 Å². The van der Waals surface area contributed by atoms with Crippen LogP contribution in [0.1, 0.15) is 110 Å². The number of nitrogens with one attached hydrogen (secondary N) is 2. The van der Waals surface area contributed by atoms with E-state index < -0.39 is 6.04 Å². The van der Waals surface area contributed by atoms with Gasteiger partial charge in [-0.05, 0) is 92.8 Å². The fourth-order valence-electron chi connectivity index (χ4n) is 8.99. The number of hydrogen-bond donors (Lipinski definition) is 4. The van der Waals surface area contributed by atoms with Gasteiger partial charge in [0, 0.05) is 84.4 Å². The van der Waals surface area contributed by atoms with Gasteiger partial charge in [-0.2, -0.15) is 5.26 Å². The van der Waals surface area contributed by atoms with Crippen molar-refractivity contribution in [3.05, 3.63) is 76.2 Å². The minimum absolute atomic E-state index is 0.0558. The van der Waals surface area contributed by atoms with Crippen LogP contribution in [0.3, 0.4) is 0 Å². The van der Waals surface area contributed by atoms with Crippen LogP contribution in [0.15, 0.2) is 42.7 Å². The Labute approximate surface area is 313 Å². The predicted octanol–water partition coefficient (Wildman–Crippen LogP) is 5.64. The smallest absolute Gasteiger partial charge is 0.237 e. The van der Waals surface area contributed by atoms with Gasteiger partial charge in [0.15, 0.2) is 11.7 Å². The molecule has 3 aliphatic rings. The molecule has 2 atom stereocenters. The van der Waals surface area contributed by atoms with Crippen LogP contribution in [0.4, 0.5) is 11.6 Å². The maximum atomic E-state index is 14.1. The normalized spacial score (nSPS) is 19.3. The maximum absolute atomic E-state index is 14.1. The molecule has 1 aliphatic carbocycles. The van der Waals surface area contributed by atoms with Crippen molar-refractivity contribution in [2.45, 2.75) is 103 Å². The Bertz CT molecular complexity index is 2010. The van der Waals surface area contributed by atoms with E-state index in [0.717, 1.165) is 91.2 Å². The number of H-pyrrole nitrogens is 1. The number of carbonyl (C=O) groups excluding carboxylic acids is 2. The van der Waals surface area contributed by atoms with Gasteiger partial charge in [-0.15, -0.1) is 0 Å². The van der Waals surface area contributed by atoms with Crippen LogP contribution in [-0.2, 0) is 23.2 Å². The topological polar surface area (TPSA) is 162 Å². The third-order valence-electron chi connectivity index (χ3n) is 12.2. The van der Waals surface area contributed by atoms with Crippen LogP contribution >= 0.6 is 0 Å². The number of amides is 1. The molecule has 2 aromatic heterocycles. The van der Waals surface area contributed by atoms with E-state index in [1.807, 2.05) is 22.9 Å². The third-order valence-corrected chi connectivity index (χ3v) is 12.2. The lowest BCUT2D eigenvalue weighted by Crippen LogP contribution is -2.46. The molecule has 1 amide bonds. The second kappa shape index (κ2) is 15.4. The highest BCUT2D eigenvalue weighted by Crippen LogP contribution is 2.46. The minimum atomic E-state index is -0.508. The van der Waals surface area contributed by atoms with Crippen molar-refractivity contribution < 1.29 is 9.59 Å². The third kappa shape index (κ3) is 7.44. The number of unbranched alkanes of at least 4 members (excludes halogenated alkanes) is 1. The standard InChI is InChI=1S/C42H55N9O2/c1-4-29-23-32-33(42(2,3)39-37(38(32)52)31-11-10-28(25-43)22-35(31)48-39)24-36(29)50-19-12-27(13-20-50)8-5-6-16-49-18-14-30(26-49)47-40(53)34(44)9-7-17-51-21-15-46-41(51)45/h10-11,15,21-24,27,30,34,48H,4-9,12-14,16-20,26,44H2,1-3H3,(H2,45,46)(H,47,53)/t30-,34+/m1/s1. The van der Waals surface area contributed by atoms with Crippen LogP contribution in [0, 0.1) is 17.2 Å². The Kier molecular flexibility index (Phi) is 10.6. The molecule has 2 saturated heterocycles. The lowest BCUT2D eigenvalue weighted by Gasteiger charge is -2.38. The number of aryl methyl sites for hydroxylation is 2. The molecule has 53 heavy (non-hydrogen) atoms. The van der Waals surface area contributed by atoms with Gasteiger partial charge in [0.1, 0.15) is 0 Å². The Balaban J connectivity index is 0.871. The van der Waals surface area contributed by atoms with Gasteiger partial charge in [-0.25, -0.2) is 4.98 Å². The zero-order valence-corrected chi connectivity index (χ0v) is 31.6. The number of imidazole rings is 1. The van der Waals surface area contributed by atoms with Crippen LogP contribution in [0.25, 0.3) is 10.9 Å². The van der Waals surface area contributed by atoms with Gasteiger partial charge in [0.25, 0.3) is 0 Å². The summed E-state index contributed by atoms with van der Waals surface area (Å²) < 4.78 is 1.88. The number of anilines is 2. The largest absolute Gasteiger partial charge is 0.371 e. The fraction of sp³-hybridized carbons (Fsp3) is 0.524. The molecule has 2 aromatic carbocycles. The average molecular weight is 718 g/mol. The maximum Gasteiger partial charge on any atom is 0.237 e. The number of ketones is 1. The fourth-order valence-corrected chi connectivity index (χ4v) is 8.99. The van der Waals surface area contributed by atoms with Gasteiger partial charge < -0.3 is 36.1 Å². The van der Waals surface area contributed by atoms with Crippen LogP contribution in [0.2, 0.25) is 0 Å². The van der Waals surface area contributed by atoms with Crippen molar-refractivity contribution in [3.8, 4) is 6.07 Å². The first-order valence-electron chi connectivity index (χ1n) is 19.7. The number of carbonyl (C=O) groups is 2. The summed E-state index contributed by atoms with van der Waals surface area (Å²) >= 11 is 0. The van der Waals surface area contributed by atoms with Crippen LogP contribution < -0.4 is 21.7 Å². The summed E-state index contributed by atoms with van der Waals surface area (Å²) in [5, 5.41) is 13.5. The lowest BCUT2D eigenvalue weighted by molar-refractivity contribution is -0.123. The quantitative estimate of drug-likeness (QED) is 0.129. The molecule has 11 nitrogen and oxygen atoms in total. The van der Waals surface area contributed by atoms with Crippen LogP contribution in [0.5, 0.6) is 0 Å². The second-order valence-corrected chi connectivity index (χ2v) is 16.0. The molecule has 4 aromatic rings. The summed E-state index contributed by atoms with van der Waals surface area (Å²) in [4.78, 5) is 39.4. The van der Waals surface area contributed by atoms with E-state index in [1.54, 1.807) is 12.3 Å². The summed E-state index contributed by atoms with van der Waals surface area (Å²) in [7, 11) is 0. The van der Waals surface area contributed by atoms with E-state index >= 15 is 0 Å². The van der Waals surface area contributed by atoms with Crippen molar-refractivity contribution in [3.63, 3.8) is 0 Å². The number of nitrogen functional groups attached to an aromatic ring is 1. The second-order valence-electron chi connectivity index (χ2n) is 16.0. The van der Waals surface area contributed by atoms with Crippen molar-refractivity contribution in [2.24, 2.45) is 11.7 Å². The first-order chi connectivity index (χ1) is 25.6. The number of piperidine rings is 1. The molecule has 11 heteroatoms. The monoisotopic (exact) mass is 717 g/mol. The molecule has 6 N–H and O–H groups in total. The van der Waals surface area contributed by atoms with Gasteiger partial charge >= 0.3 is 0 Å². The first kappa shape index (κ1) is 36.7. The molecular weight excluding hydrogens is 663 g/mol. The van der Waals surface area contributed by atoms with Gasteiger partial charge in [0.2, 0.25) is 5.91 Å². The van der Waals surface area contributed by atoms with Crippen LogP contribution in [-0.4, -0.2) is 75.9 Å². The molecule has 0 bridgehead atoms. The Hall–Kier alpha value is -4.66. The number of nitrogens with zero attached hydrogens (tertiary/aromatic N) is 5. The van der Waals surface area contributed by atoms with E-state index in [9.17, 15) is 14.9 Å². The zero-order valence-electron chi connectivity index (χ0n) is 31.6. The summed E-state index contributed by atoms with van der Waals surface area (Å²) in [6, 6.07) is 11.9. The predicted molar refractivity (Wildman–Crippen MR) is 210 cm³/mol. The van der Waals surface area contributed by atoms with E-state index in [2.05, 4.69) is 64.1 Å². The Morgan fingerprint density at radius 1 is 1.11 bits per heavy atom. The highest BCUT2D eigenvalue weighted by atomic mass is 16.2. The van der Waals surface area contributed by atoms with Gasteiger partial charge in [-0.1, -0.05) is 39.7 Å². The van der Waals surface area contributed by atoms with Gasteiger partial charge in [0.05, 0.1) is 23.2 Å². The molecule has 0 spiro atoms. The molecule has 0 radical (unpaired) electrons. The van der Waals surface area contributed by atoms with Crippen molar-refractivity contribution in [2.75, 3.05) is 43.4 Å². The minimum Gasteiger partial charge on any atom is -0.371 e. The number of hydrogen-bond acceptors (Lipinski definition) is 8.